The Bertz CT molecular complexity index is 1110. The van der Waals surface area contributed by atoms with Gasteiger partial charge in [0.25, 0.3) is 11.8 Å². The van der Waals surface area contributed by atoms with Crippen molar-refractivity contribution in [3.63, 3.8) is 0 Å². The van der Waals surface area contributed by atoms with E-state index in [1.165, 1.54) is 0 Å². The molecule has 0 aromatic carbocycles. The van der Waals surface area contributed by atoms with E-state index in [0.29, 0.717) is 24.1 Å². The van der Waals surface area contributed by atoms with Crippen molar-refractivity contribution in [3.05, 3.63) is 52.6 Å². The van der Waals surface area contributed by atoms with Crippen molar-refractivity contribution in [1.29, 1.82) is 0 Å². The second-order valence-electron chi connectivity index (χ2n) is 7.97. The first-order valence-corrected chi connectivity index (χ1v) is 9.82. The molecule has 4 heterocycles. The van der Waals surface area contributed by atoms with Gasteiger partial charge in [-0.25, -0.2) is 4.52 Å². The Balaban J connectivity index is 1.50. The van der Waals surface area contributed by atoms with Crippen LogP contribution in [0.25, 0.3) is 5.52 Å². The third kappa shape index (κ3) is 3.28. The molecule has 3 aromatic rings. The van der Waals surface area contributed by atoms with Crippen LogP contribution in [-0.4, -0.2) is 54.7 Å². The highest BCUT2D eigenvalue weighted by Crippen LogP contribution is 2.24. The van der Waals surface area contributed by atoms with Crippen LogP contribution < -0.4 is 5.32 Å². The van der Waals surface area contributed by atoms with Gasteiger partial charge < -0.3 is 10.2 Å². The maximum absolute atomic E-state index is 13.1. The van der Waals surface area contributed by atoms with Crippen molar-refractivity contribution in [2.75, 3.05) is 6.54 Å². The molecule has 8 nitrogen and oxygen atoms in total. The predicted octanol–water partition coefficient (Wildman–Crippen LogP) is 2.03. The van der Waals surface area contributed by atoms with Crippen molar-refractivity contribution < 1.29 is 9.59 Å². The van der Waals surface area contributed by atoms with E-state index in [4.69, 9.17) is 0 Å². The summed E-state index contributed by atoms with van der Waals surface area (Å²) in [5, 5.41) is 11.7. The number of fused-ring (bicyclic) bond motifs is 1. The summed E-state index contributed by atoms with van der Waals surface area (Å²) in [5.74, 6) is -0.185. The Morgan fingerprint density at radius 2 is 2.00 bits per heavy atom. The van der Waals surface area contributed by atoms with Crippen LogP contribution in [0.2, 0.25) is 0 Å². The van der Waals surface area contributed by atoms with Gasteiger partial charge in [-0.1, -0.05) is 0 Å². The average Bonchev–Trinajstić information content (AvgIpc) is 3.30. The van der Waals surface area contributed by atoms with Gasteiger partial charge in [-0.3, -0.25) is 14.3 Å². The molecule has 1 N–H and O–H groups in total. The average molecular weight is 394 g/mol. The van der Waals surface area contributed by atoms with E-state index in [9.17, 15) is 9.59 Å². The monoisotopic (exact) mass is 394 g/mol. The van der Waals surface area contributed by atoms with Gasteiger partial charge in [0.2, 0.25) is 0 Å². The SMILES string of the molecule is Cc1ccn2ncc(C(=O)NC3CC(C)N(C(=O)c4c(C)nn(C)c4C)C3)c2c1. The van der Waals surface area contributed by atoms with E-state index in [2.05, 4.69) is 15.5 Å². The first-order chi connectivity index (χ1) is 13.8. The molecule has 2 unspecified atom stereocenters. The van der Waals surface area contributed by atoms with E-state index in [1.807, 2.05) is 58.0 Å². The summed E-state index contributed by atoms with van der Waals surface area (Å²) in [5.41, 5.74) is 4.64. The zero-order chi connectivity index (χ0) is 20.9. The fourth-order valence-electron chi connectivity index (χ4n) is 4.17. The van der Waals surface area contributed by atoms with Gasteiger partial charge >= 0.3 is 0 Å². The maximum Gasteiger partial charge on any atom is 0.257 e. The van der Waals surface area contributed by atoms with Crippen LogP contribution in [0.15, 0.2) is 24.5 Å². The van der Waals surface area contributed by atoms with Crippen molar-refractivity contribution in [2.24, 2.45) is 7.05 Å². The van der Waals surface area contributed by atoms with Crippen LogP contribution >= 0.6 is 0 Å². The van der Waals surface area contributed by atoms with E-state index >= 15 is 0 Å². The summed E-state index contributed by atoms with van der Waals surface area (Å²) in [6.45, 7) is 8.24. The Hall–Kier alpha value is -3.16. The highest BCUT2D eigenvalue weighted by Gasteiger charge is 2.36. The number of aromatic nitrogens is 4. The molecule has 2 amide bonds. The Labute approximate surface area is 169 Å². The minimum atomic E-state index is -0.161. The van der Waals surface area contributed by atoms with Gasteiger partial charge in [-0.15, -0.1) is 0 Å². The lowest BCUT2D eigenvalue weighted by Crippen LogP contribution is -2.39. The second kappa shape index (κ2) is 7.02. The van der Waals surface area contributed by atoms with Gasteiger partial charge in [0.1, 0.15) is 0 Å². The van der Waals surface area contributed by atoms with Crippen molar-refractivity contribution in [1.82, 2.24) is 29.6 Å². The maximum atomic E-state index is 13.1. The van der Waals surface area contributed by atoms with Crippen LogP contribution in [0.4, 0.5) is 0 Å². The lowest BCUT2D eigenvalue weighted by molar-refractivity contribution is 0.0739. The van der Waals surface area contributed by atoms with Gasteiger partial charge in [-0.05, 0) is 51.8 Å². The molecule has 0 aliphatic carbocycles. The molecule has 0 spiro atoms. The summed E-state index contributed by atoms with van der Waals surface area (Å²) >= 11 is 0. The first kappa shape index (κ1) is 19.2. The quantitative estimate of drug-likeness (QED) is 0.737. The standard InChI is InChI=1S/C21H26N6O2/c1-12-6-7-27-18(8-12)17(10-22-27)20(28)23-16-9-13(2)26(11-16)21(29)19-14(3)24-25(5)15(19)4/h6-8,10,13,16H,9,11H2,1-5H3,(H,23,28). The lowest BCUT2D eigenvalue weighted by atomic mass is 10.1. The van der Waals surface area contributed by atoms with Gasteiger partial charge in [0, 0.05) is 37.6 Å². The molecule has 1 saturated heterocycles. The highest BCUT2D eigenvalue weighted by molar-refractivity contribution is 6.01. The van der Waals surface area contributed by atoms with Gasteiger partial charge in [0.05, 0.1) is 28.5 Å². The molecule has 2 atom stereocenters. The zero-order valence-corrected chi connectivity index (χ0v) is 17.4. The third-order valence-corrected chi connectivity index (χ3v) is 5.82. The number of amides is 2. The van der Waals surface area contributed by atoms with Crippen LogP contribution in [0, 0.1) is 20.8 Å². The topological polar surface area (TPSA) is 84.5 Å². The number of hydrogen-bond donors (Lipinski definition) is 1. The number of carbonyl (C=O) groups excluding carboxylic acids is 2. The minimum absolute atomic E-state index is 0.0241. The number of nitrogens with one attached hydrogen (secondary N) is 1. The Morgan fingerprint density at radius 1 is 1.24 bits per heavy atom. The Morgan fingerprint density at radius 3 is 2.69 bits per heavy atom. The number of likely N-dealkylation sites (tertiary alicyclic amines) is 1. The van der Waals surface area contributed by atoms with E-state index < -0.39 is 0 Å². The largest absolute Gasteiger partial charge is 0.347 e. The van der Waals surface area contributed by atoms with Crippen LogP contribution in [0.3, 0.4) is 0 Å². The molecule has 1 aliphatic heterocycles. The summed E-state index contributed by atoms with van der Waals surface area (Å²) < 4.78 is 3.43. The number of rotatable bonds is 3. The fraction of sp³-hybridized carbons (Fsp3) is 0.429. The number of pyridine rings is 1. The summed E-state index contributed by atoms with van der Waals surface area (Å²) in [7, 11) is 1.84. The van der Waals surface area contributed by atoms with E-state index in [0.717, 1.165) is 22.5 Å². The molecular formula is C21H26N6O2. The Kier molecular flexibility index (Phi) is 4.64. The highest BCUT2D eigenvalue weighted by atomic mass is 16.2. The third-order valence-electron chi connectivity index (χ3n) is 5.82. The number of nitrogens with zero attached hydrogens (tertiary/aromatic N) is 5. The van der Waals surface area contributed by atoms with E-state index in [1.54, 1.807) is 15.4 Å². The zero-order valence-electron chi connectivity index (χ0n) is 17.4. The summed E-state index contributed by atoms with van der Waals surface area (Å²) in [6, 6.07) is 3.84. The summed E-state index contributed by atoms with van der Waals surface area (Å²) in [6.07, 6.45) is 4.15. The predicted molar refractivity (Wildman–Crippen MR) is 109 cm³/mol. The number of carbonyl (C=O) groups is 2. The normalized spacial score (nSPS) is 19.1. The molecule has 4 rings (SSSR count). The molecule has 0 radical (unpaired) electrons. The molecular weight excluding hydrogens is 368 g/mol. The van der Waals surface area contributed by atoms with E-state index in [-0.39, 0.29) is 23.9 Å². The molecule has 0 bridgehead atoms. The molecule has 1 fully saturated rings. The number of aryl methyl sites for hydroxylation is 3. The lowest BCUT2D eigenvalue weighted by Gasteiger charge is -2.21. The first-order valence-electron chi connectivity index (χ1n) is 9.82. The van der Waals surface area contributed by atoms with Crippen LogP contribution in [0.5, 0.6) is 0 Å². The molecule has 29 heavy (non-hydrogen) atoms. The van der Waals surface area contributed by atoms with Crippen LogP contribution in [-0.2, 0) is 7.05 Å². The molecule has 0 saturated carbocycles. The molecule has 152 valence electrons. The minimum Gasteiger partial charge on any atom is -0.347 e. The van der Waals surface area contributed by atoms with Crippen molar-refractivity contribution >= 4 is 17.3 Å². The summed E-state index contributed by atoms with van der Waals surface area (Å²) in [4.78, 5) is 27.8. The van der Waals surface area contributed by atoms with Crippen molar-refractivity contribution in [2.45, 2.75) is 46.2 Å². The molecule has 1 aliphatic rings. The molecule has 3 aromatic heterocycles. The van der Waals surface area contributed by atoms with Gasteiger partial charge in [-0.2, -0.15) is 10.2 Å². The number of hydrogen-bond acceptors (Lipinski definition) is 4. The fourth-order valence-corrected chi connectivity index (χ4v) is 4.17. The second-order valence-corrected chi connectivity index (χ2v) is 7.97. The smallest absolute Gasteiger partial charge is 0.257 e. The van der Waals surface area contributed by atoms with Crippen LogP contribution in [0.1, 0.15) is 51.0 Å². The molecule has 8 heteroatoms. The van der Waals surface area contributed by atoms with Crippen molar-refractivity contribution in [3.8, 4) is 0 Å². The van der Waals surface area contributed by atoms with Gasteiger partial charge in [0.15, 0.2) is 0 Å².